The average Bonchev–Trinajstić information content (AvgIpc) is 3.44. The van der Waals surface area contributed by atoms with Crippen molar-refractivity contribution in [3.8, 4) is 11.5 Å². The van der Waals surface area contributed by atoms with Gasteiger partial charge in [0.1, 0.15) is 11.5 Å². The highest BCUT2D eigenvalue weighted by Crippen LogP contribution is 2.30. The Hall–Kier alpha value is -2.70. The summed E-state index contributed by atoms with van der Waals surface area (Å²) in [5.41, 5.74) is 1.08. The van der Waals surface area contributed by atoms with Gasteiger partial charge in [-0.05, 0) is 57.2 Å². The maximum absolute atomic E-state index is 6.28. The van der Waals surface area contributed by atoms with E-state index >= 15 is 0 Å². The molecule has 1 aliphatic carbocycles. The Labute approximate surface area is 173 Å². The van der Waals surface area contributed by atoms with Crippen molar-refractivity contribution in [2.45, 2.75) is 58.2 Å². The molecular formula is C22H33N5O2. The van der Waals surface area contributed by atoms with Crippen molar-refractivity contribution < 1.29 is 9.47 Å². The zero-order valence-corrected chi connectivity index (χ0v) is 17.6. The summed E-state index contributed by atoms with van der Waals surface area (Å²) in [6, 6.07) is 7.94. The molecule has 0 aliphatic heterocycles. The van der Waals surface area contributed by atoms with Crippen LogP contribution >= 0.6 is 0 Å². The van der Waals surface area contributed by atoms with E-state index in [4.69, 9.17) is 14.5 Å². The van der Waals surface area contributed by atoms with Crippen LogP contribution in [0.15, 0.2) is 41.7 Å². The second-order valence-electron chi connectivity index (χ2n) is 7.24. The van der Waals surface area contributed by atoms with Crippen molar-refractivity contribution >= 4 is 5.96 Å². The number of ether oxygens (including phenoxy) is 2. The fourth-order valence-corrected chi connectivity index (χ4v) is 3.47. The van der Waals surface area contributed by atoms with E-state index in [1.807, 2.05) is 35.1 Å². The third-order valence-electron chi connectivity index (χ3n) is 5.04. The number of guanidine groups is 1. The van der Waals surface area contributed by atoms with Crippen molar-refractivity contribution in [1.29, 1.82) is 0 Å². The molecule has 0 spiro atoms. The molecule has 7 nitrogen and oxygen atoms in total. The minimum atomic E-state index is 0.304. The van der Waals surface area contributed by atoms with Crippen molar-refractivity contribution in [2.75, 3.05) is 20.2 Å². The highest BCUT2D eigenvalue weighted by Gasteiger charge is 2.18. The first-order chi connectivity index (χ1) is 14.3. The molecule has 1 fully saturated rings. The van der Waals surface area contributed by atoms with Crippen LogP contribution in [-0.2, 0) is 13.1 Å². The van der Waals surface area contributed by atoms with Gasteiger partial charge in [-0.1, -0.05) is 0 Å². The van der Waals surface area contributed by atoms with Crippen LogP contribution in [0.5, 0.6) is 11.5 Å². The van der Waals surface area contributed by atoms with Gasteiger partial charge in [0.2, 0.25) is 0 Å². The first kappa shape index (κ1) is 21.0. The molecule has 0 atom stereocenters. The number of nitrogens with zero attached hydrogens (tertiary/aromatic N) is 3. The number of aliphatic imine (C=N–C) groups is 1. The lowest BCUT2D eigenvalue weighted by molar-refractivity contribution is 0.207. The van der Waals surface area contributed by atoms with Crippen molar-refractivity contribution in [2.24, 2.45) is 4.99 Å². The summed E-state index contributed by atoms with van der Waals surface area (Å²) in [5.74, 6) is 2.51. The number of hydrogen-bond donors (Lipinski definition) is 2. The van der Waals surface area contributed by atoms with E-state index in [1.165, 1.54) is 12.8 Å². The Kier molecular flexibility index (Phi) is 8.22. The van der Waals surface area contributed by atoms with Gasteiger partial charge < -0.3 is 20.1 Å². The zero-order chi connectivity index (χ0) is 20.3. The summed E-state index contributed by atoms with van der Waals surface area (Å²) in [6.45, 7) is 5.17. The molecule has 7 heteroatoms. The smallest absolute Gasteiger partial charge is 0.191 e. The SMILES string of the molecule is CCNC(=NCc1ccc(OC)cc1OC1CCCC1)NCCCn1cccn1. The Balaban J connectivity index is 1.59. The van der Waals surface area contributed by atoms with Crippen molar-refractivity contribution in [1.82, 2.24) is 20.4 Å². The van der Waals surface area contributed by atoms with Crippen LogP contribution in [-0.4, -0.2) is 42.0 Å². The number of rotatable bonds is 10. The molecule has 0 radical (unpaired) electrons. The standard InChI is InChI=1S/C22H33N5O2/c1-3-23-22(24-12-6-14-27-15-7-13-26-27)25-17-18-10-11-20(28-2)16-21(18)29-19-8-4-5-9-19/h7,10-11,13,15-16,19H,3-6,8-9,12,14,17H2,1-2H3,(H2,23,24,25). The van der Waals surface area contributed by atoms with Crippen molar-refractivity contribution in [3.05, 3.63) is 42.2 Å². The molecule has 158 valence electrons. The van der Waals surface area contributed by atoms with E-state index in [2.05, 4.69) is 22.7 Å². The van der Waals surface area contributed by atoms with Gasteiger partial charge in [-0.2, -0.15) is 5.10 Å². The molecule has 1 heterocycles. The molecule has 1 saturated carbocycles. The highest BCUT2D eigenvalue weighted by molar-refractivity contribution is 5.79. The normalized spacial score (nSPS) is 14.8. The quantitative estimate of drug-likeness (QED) is 0.364. The summed E-state index contributed by atoms with van der Waals surface area (Å²) in [4.78, 5) is 4.76. The van der Waals surface area contributed by atoms with E-state index in [0.29, 0.717) is 12.6 Å². The number of benzene rings is 1. The minimum absolute atomic E-state index is 0.304. The summed E-state index contributed by atoms with van der Waals surface area (Å²) in [7, 11) is 1.68. The van der Waals surface area contributed by atoms with Crippen LogP contribution in [0.4, 0.5) is 0 Å². The van der Waals surface area contributed by atoms with Gasteiger partial charge in [0, 0.05) is 43.7 Å². The predicted octanol–water partition coefficient (Wildman–Crippen LogP) is 3.36. The van der Waals surface area contributed by atoms with Crippen LogP contribution in [0.3, 0.4) is 0 Å². The molecule has 0 saturated heterocycles. The molecule has 29 heavy (non-hydrogen) atoms. The molecule has 3 rings (SSSR count). The van der Waals surface area contributed by atoms with Gasteiger partial charge in [-0.3, -0.25) is 4.68 Å². The Morgan fingerprint density at radius 2 is 2.14 bits per heavy atom. The molecular weight excluding hydrogens is 366 g/mol. The van der Waals surface area contributed by atoms with Crippen LogP contribution in [0.25, 0.3) is 0 Å². The highest BCUT2D eigenvalue weighted by atomic mass is 16.5. The largest absolute Gasteiger partial charge is 0.497 e. The summed E-state index contributed by atoms with van der Waals surface area (Å²) in [5, 5.41) is 10.9. The van der Waals surface area contributed by atoms with E-state index in [9.17, 15) is 0 Å². The van der Waals surface area contributed by atoms with E-state index < -0.39 is 0 Å². The first-order valence-corrected chi connectivity index (χ1v) is 10.6. The van der Waals surface area contributed by atoms with Crippen LogP contribution < -0.4 is 20.1 Å². The van der Waals surface area contributed by atoms with Gasteiger partial charge in [0.15, 0.2) is 5.96 Å². The maximum atomic E-state index is 6.28. The molecule has 1 aromatic carbocycles. The van der Waals surface area contributed by atoms with Gasteiger partial charge >= 0.3 is 0 Å². The molecule has 2 aromatic rings. The van der Waals surface area contributed by atoms with Gasteiger partial charge in [-0.15, -0.1) is 0 Å². The third-order valence-corrected chi connectivity index (χ3v) is 5.04. The Bertz CT molecular complexity index is 755. The fourth-order valence-electron chi connectivity index (χ4n) is 3.47. The van der Waals surface area contributed by atoms with E-state index in [-0.39, 0.29) is 0 Å². The van der Waals surface area contributed by atoms with Crippen LogP contribution in [0, 0.1) is 0 Å². The first-order valence-electron chi connectivity index (χ1n) is 10.6. The van der Waals surface area contributed by atoms with E-state index in [1.54, 1.807) is 13.3 Å². The average molecular weight is 400 g/mol. The Morgan fingerprint density at radius 3 is 2.86 bits per heavy atom. The lowest BCUT2D eigenvalue weighted by Crippen LogP contribution is -2.38. The van der Waals surface area contributed by atoms with Gasteiger partial charge in [0.05, 0.1) is 19.8 Å². The lowest BCUT2D eigenvalue weighted by Gasteiger charge is -2.17. The summed E-state index contributed by atoms with van der Waals surface area (Å²) >= 11 is 0. The number of aromatic nitrogens is 2. The van der Waals surface area contributed by atoms with Crippen LogP contribution in [0.1, 0.15) is 44.6 Å². The molecule has 0 bridgehead atoms. The minimum Gasteiger partial charge on any atom is -0.497 e. The fraction of sp³-hybridized carbons (Fsp3) is 0.545. The van der Waals surface area contributed by atoms with E-state index in [0.717, 1.165) is 61.9 Å². The van der Waals surface area contributed by atoms with Crippen molar-refractivity contribution in [3.63, 3.8) is 0 Å². The number of nitrogens with one attached hydrogen (secondary N) is 2. The zero-order valence-electron chi connectivity index (χ0n) is 17.6. The Morgan fingerprint density at radius 1 is 1.28 bits per heavy atom. The maximum Gasteiger partial charge on any atom is 0.191 e. The number of methoxy groups -OCH3 is 1. The van der Waals surface area contributed by atoms with Crippen LogP contribution in [0.2, 0.25) is 0 Å². The van der Waals surface area contributed by atoms with Gasteiger partial charge in [0.25, 0.3) is 0 Å². The number of aryl methyl sites for hydroxylation is 1. The monoisotopic (exact) mass is 399 g/mol. The topological polar surface area (TPSA) is 72.7 Å². The second kappa shape index (κ2) is 11.3. The molecule has 1 aliphatic rings. The lowest BCUT2D eigenvalue weighted by atomic mass is 10.2. The second-order valence-corrected chi connectivity index (χ2v) is 7.24. The molecule has 1 aromatic heterocycles. The number of hydrogen-bond acceptors (Lipinski definition) is 4. The molecule has 2 N–H and O–H groups in total. The van der Waals surface area contributed by atoms with Gasteiger partial charge in [-0.25, -0.2) is 4.99 Å². The summed E-state index contributed by atoms with van der Waals surface area (Å²) < 4.78 is 13.6. The molecule has 0 unspecified atom stereocenters. The molecule has 0 amide bonds. The third kappa shape index (κ3) is 6.69. The summed E-state index contributed by atoms with van der Waals surface area (Å²) in [6.07, 6.45) is 9.81. The predicted molar refractivity (Wildman–Crippen MR) is 116 cm³/mol.